The molecule has 7 heteroatoms. The fourth-order valence-electron chi connectivity index (χ4n) is 3.35. The molecule has 0 atom stereocenters. The smallest absolute Gasteiger partial charge is 0.231 e. The Kier molecular flexibility index (Phi) is 6.44. The third-order valence-corrected chi connectivity index (χ3v) is 4.69. The number of aromatic nitrogens is 2. The van der Waals surface area contributed by atoms with Gasteiger partial charge in [0.25, 0.3) is 0 Å². The molecule has 0 radical (unpaired) electrons. The Morgan fingerprint density at radius 2 is 2.11 bits per heavy atom. The molecule has 3 rings (SSSR count). The highest BCUT2D eigenvalue weighted by molar-refractivity contribution is 5.79. The van der Waals surface area contributed by atoms with Crippen molar-refractivity contribution in [3.05, 3.63) is 41.2 Å². The van der Waals surface area contributed by atoms with Crippen molar-refractivity contribution in [2.75, 3.05) is 26.9 Å². The Morgan fingerprint density at radius 1 is 1.32 bits per heavy atom. The van der Waals surface area contributed by atoms with E-state index in [0.717, 1.165) is 42.7 Å². The standard InChI is InChI=1S/C21H31N5O2/c1-6-22-21(25(4)12-17-13-26(5)24-20(17)15(2)3)23-10-9-16-7-8-18-19(11-16)28-14-27-18/h7-8,11,13,15H,6,9-10,12,14H2,1-5H3,(H,22,23). The average Bonchev–Trinajstić information content (AvgIpc) is 3.26. The molecule has 0 bridgehead atoms. The fraction of sp³-hybridized carbons (Fsp3) is 0.524. The fourth-order valence-corrected chi connectivity index (χ4v) is 3.35. The first kappa shape index (κ1) is 20.0. The summed E-state index contributed by atoms with van der Waals surface area (Å²) in [6.07, 6.45) is 2.95. The van der Waals surface area contributed by atoms with E-state index in [-0.39, 0.29) is 0 Å². The zero-order chi connectivity index (χ0) is 20.1. The van der Waals surface area contributed by atoms with Crippen molar-refractivity contribution in [2.24, 2.45) is 12.0 Å². The number of hydrogen-bond acceptors (Lipinski definition) is 4. The van der Waals surface area contributed by atoms with Gasteiger partial charge < -0.3 is 19.7 Å². The topological polar surface area (TPSA) is 63.9 Å². The van der Waals surface area contributed by atoms with Gasteiger partial charge in [-0.2, -0.15) is 5.10 Å². The summed E-state index contributed by atoms with van der Waals surface area (Å²) in [5.41, 5.74) is 3.58. The summed E-state index contributed by atoms with van der Waals surface area (Å²) in [4.78, 5) is 6.97. The summed E-state index contributed by atoms with van der Waals surface area (Å²) in [6, 6.07) is 6.08. The van der Waals surface area contributed by atoms with Crippen LogP contribution in [0.2, 0.25) is 0 Å². The molecule has 1 N–H and O–H groups in total. The van der Waals surface area contributed by atoms with Crippen LogP contribution in [0, 0.1) is 0 Å². The van der Waals surface area contributed by atoms with Crippen molar-refractivity contribution >= 4 is 5.96 Å². The number of guanidine groups is 1. The zero-order valence-corrected chi connectivity index (χ0v) is 17.5. The molecular weight excluding hydrogens is 354 g/mol. The maximum atomic E-state index is 5.46. The van der Waals surface area contributed by atoms with Crippen molar-refractivity contribution < 1.29 is 9.47 Å². The molecule has 1 aliphatic heterocycles. The van der Waals surface area contributed by atoms with E-state index in [1.54, 1.807) is 0 Å². The lowest BCUT2D eigenvalue weighted by Crippen LogP contribution is -2.38. The molecule has 0 amide bonds. The zero-order valence-electron chi connectivity index (χ0n) is 17.5. The first-order chi connectivity index (χ1) is 13.5. The SMILES string of the molecule is CCNC(=NCCc1ccc2c(c1)OCO2)N(C)Cc1cn(C)nc1C(C)C. The van der Waals surface area contributed by atoms with Crippen LogP contribution in [-0.4, -0.2) is 47.6 Å². The highest BCUT2D eigenvalue weighted by atomic mass is 16.7. The number of ether oxygens (including phenoxy) is 2. The first-order valence-corrected chi connectivity index (χ1v) is 9.88. The van der Waals surface area contributed by atoms with E-state index >= 15 is 0 Å². The second-order valence-electron chi connectivity index (χ2n) is 7.40. The van der Waals surface area contributed by atoms with Gasteiger partial charge in [0, 0.05) is 45.5 Å². The van der Waals surface area contributed by atoms with E-state index in [2.05, 4.69) is 55.4 Å². The number of nitrogens with one attached hydrogen (secondary N) is 1. The summed E-state index contributed by atoms with van der Waals surface area (Å²) < 4.78 is 12.7. The molecule has 2 aromatic rings. The lowest BCUT2D eigenvalue weighted by molar-refractivity contribution is 0.174. The maximum Gasteiger partial charge on any atom is 0.231 e. The predicted octanol–water partition coefficient (Wildman–Crippen LogP) is 2.91. The van der Waals surface area contributed by atoms with Crippen LogP contribution in [0.1, 0.15) is 43.5 Å². The van der Waals surface area contributed by atoms with Gasteiger partial charge in [0.05, 0.1) is 5.69 Å². The highest BCUT2D eigenvalue weighted by Gasteiger charge is 2.15. The van der Waals surface area contributed by atoms with Crippen LogP contribution in [0.4, 0.5) is 0 Å². The molecule has 0 aliphatic carbocycles. The molecule has 1 aromatic heterocycles. The van der Waals surface area contributed by atoms with Gasteiger partial charge in [-0.15, -0.1) is 0 Å². The molecule has 1 aliphatic rings. The molecule has 0 spiro atoms. The lowest BCUT2D eigenvalue weighted by atomic mass is 10.1. The molecule has 2 heterocycles. The van der Waals surface area contributed by atoms with Gasteiger partial charge in [-0.25, -0.2) is 0 Å². The number of fused-ring (bicyclic) bond motifs is 1. The van der Waals surface area contributed by atoms with Gasteiger partial charge in [-0.05, 0) is 37.0 Å². The van der Waals surface area contributed by atoms with Crippen LogP contribution in [0.15, 0.2) is 29.4 Å². The summed E-state index contributed by atoms with van der Waals surface area (Å²) in [5.74, 6) is 2.94. The van der Waals surface area contributed by atoms with Gasteiger partial charge in [0.15, 0.2) is 17.5 Å². The van der Waals surface area contributed by atoms with E-state index in [1.807, 2.05) is 23.9 Å². The summed E-state index contributed by atoms with van der Waals surface area (Å²) in [6.45, 7) is 9.06. The van der Waals surface area contributed by atoms with Crippen molar-refractivity contribution in [3.63, 3.8) is 0 Å². The minimum atomic E-state index is 0.305. The summed E-state index contributed by atoms with van der Waals surface area (Å²) in [5, 5.41) is 8.00. The highest BCUT2D eigenvalue weighted by Crippen LogP contribution is 2.32. The van der Waals surface area contributed by atoms with E-state index in [1.165, 1.54) is 11.1 Å². The number of nitrogens with zero attached hydrogens (tertiary/aromatic N) is 4. The maximum absolute atomic E-state index is 5.46. The molecule has 0 fully saturated rings. The first-order valence-electron chi connectivity index (χ1n) is 9.88. The van der Waals surface area contributed by atoms with Crippen molar-refractivity contribution in [1.82, 2.24) is 20.0 Å². The third kappa shape index (κ3) is 4.77. The van der Waals surface area contributed by atoms with E-state index in [4.69, 9.17) is 14.5 Å². The van der Waals surface area contributed by atoms with E-state index in [0.29, 0.717) is 19.3 Å². The molecule has 28 heavy (non-hydrogen) atoms. The van der Waals surface area contributed by atoms with Crippen molar-refractivity contribution in [3.8, 4) is 11.5 Å². The largest absolute Gasteiger partial charge is 0.454 e. The Morgan fingerprint density at radius 3 is 2.86 bits per heavy atom. The molecule has 7 nitrogen and oxygen atoms in total. The van der Waals surface area contributed by atoms with Gasteiger partial charge in [-0.3, -0.25) is 9.67 Å². The van der Waals surface area contributed by atoms with Crippen LogP contribution in [-0.2, 0) is 20.0 Å². The van der Waals surface area contributed by atoms with Gasteiger partial charge in [-0.1, -0.05) is 19.9 Å². The molecule has 0 saturated heterocycles. The predicted molar refractivity (Wildman–Crippen MR) is 111 cm³/mol. The molecule has 0 saturated carbocycles. The second kappa shape index (κ2) is 8.99. The Bertz CT molecular complexity index is 828. The minimum absolute atomic E-state index is 0.305. The molecule has 1 aromatic carbocycles. The van der Waals surface area contributed by atoms with E-state index < -0.39 is 0 Å². The monoisotopic (exact) mass is 385 g/mol. The molecular formula is C21H31N5O2. The van der Waals surface area contributed by atoms with Crippen LogP contribution >= 0.6 is 0 Å². The number of hydrogen-bond donors (Lipinski definition) is 1. The average molecular weight is 386 g/mol. The van der Waals surface area contributed by atoms with Crippen LogP contribution in [0.5, 0.6) is 11.5 Å². The quantitative estimate of drug-likeness (QED) is 0.586. The van der Waals surface area contributed by atoms with Gasteiger partial charge in [0.1, 0.15) is 0 Å². The summed E-state index contributed by atoms with van der Waals surface area (Å²) in [7, 11) is 4.04. The molecule has 152 valence electrons. The number of aliphatic imine (C=N–C) groups is 1. The van der Waals surface area contributed by atoms with E-state index in [9.17, 15) is 0 Å². The van der Waals surface area contributed by atoms with Gasteiger partial charge in [0.2, 0.25) is 6.79 Å². The number of benzene rings is 1. The second-order valence-corrected chi connectivity index (χ2v) is 7.40. The Balaban J connectivity index is 1.64. The van der Waals surface area contributed by atoms with Crippen molar-refractivity contribution in [2.45, 2.75) is 39.7 Å². The van der Waals surface area contributed by atoms with Gasteiger partial charge >= 0.3 is 0 Å². The van der Waals surface area contributed by atoms with Crippen LogP contribution in [0.3, 0.4) is 0 Å². The Labute approximate surface area is 167 Å². The van der Waals surface area contributed by atoms with Crippen molar-refractivity contribution in [1.29, 1.82) is 0 Å². The van der Waals surface area contributed by atoms with Crippen LogP contribution in [0.25, 0.3) is 0 Å². The molecule has 0 unspecified atom stereocenters. The normalized spacial score (nSPS) is 13.3. The Hall–Kier alpha value is -2.70. The van der Waals surface area contributed by atoms with Crippen LogP contribution < -0.4 is 14.8 Å². The number of rotatable bonds is 7. The third-order valence-electron chi connectivity index (χ3n) is 4.69. The summed E-state index contributed by atoms with van der Waals surface area (Å²) >= 11 is 0. The number of aryl methyl sites for hydroxylation is 1. The minimum Gasteiger partial charge on any atom is -0.454 e. The lowest BCUT2D eigenvalue weighted by Gasteiger charge is -2.22.